The monoisotopic (exact) mass is 297 g/mol. The number of amides is 1. The van der Waals surface area contributed by atoms with E-state index < -0.39 is 11.7 Å². The van der Waals surface area contributed by atoms with E-state index in [-0.39, 0.29) is 11.9 Å². The molecule has 21 heavy (non-hydrogen) atoms. The Morgan fingerprint density at radius 2 is 1.76 bits per heavy atom. The largest absolute Gasteiger partial charge is 0.481 e. The quantitative estimate of drug-likeness (QED) is 0.920. The third kappa shape index (κ3) is 4.77. The van der Waals surface area contributed by atoms with Gasteiger partial charge in [0.2, 0.25) is 5.88 Å². The molecule has 0 bridgehead atoms. The van der Waals surface area contributed by atoms with Crippen LogP contribution in [0.25, 0.3) is 0 Å². The normalized spacial score (nSPS) is 11.2. The summed E-state index contributed by atoms with van der Waals surface area (Å²) < 4.78 is 15.5. The lowest BCUT2D eigenvalue weighted by molar-refractivity contribution is 0.0635. The van der Waals surface area contributed by atoms with Crippen LogP contribution in [0.15, 0.2) is 0 Å². The van der Waals surface area contributed by atoms with Gasteiger partial charge >= 0.3 is 12.1 Å². The Hall–Kier alpha value is -2.05. The number of nitrogens with zero attached hydrogens (tertiary/aromatic N) is 2. The topological polar surface area (TPSA) is 82.6 Å². The van der Waals surface area contributed by atoms with E-state index in [1.165, 1.54) is 14.2 Å². The van der Waals surface area contributed by atoms with Crippen molar-refractivity contribution < 1.29 is 19.0 Å². The first-order valence-corrected chi connectivity index (χ1v) is 6.67. The summed E-state index contributed by atoms with van der Waals surface area (Å²) in [6.07, 6.45) is -0.591. The standard InChI is InChI=1S/C14H23N3O4/c1-8(2)9-10(16-13(18)21-14(3,4)5)15-12(20-7)17-11(9)19-6/h8H,1-7H3,(H,15,16,17,18). The van der Waals surface area contributed by atoms with Crippen LogP contribution in [-0.4, -0.2) is 35.9 Å². The van der Waals surface area contributed by atoms with Gasteiger partial charge < -0.3 is 14.2 Å². The van der Waals surface area contributed by atoms with Crippen LogP contribution in [0.1, 0.15) is 46.1 Å². The number of nitrogens with one attached hydrogen (secondary N) is 1. The van der Waals surface area contributed by atoms with Gasteiger partial charge in [-0.15, -0.1) is 0 Å². The SMILES string of the molecule is COc1nc(NC(=O)OC(C)(C)C)c(C(C)C)c(OC)n1. The Morgan fingerprint density at radius 3 is 2.19 bits per heavy atom. The summed E-state index contributed by atoms with van der Waals surface area (Å²) in [5, 5.41) is 2.63. The van der Waals surface area contributed by atoms with E-state index in [4.69, 9.17) is 14.2 Å². The van der Waals surface area contributed by atoms with E-state index in [1.54, 1.807) is 20.8 Å². The van der Waals surface area contributed by atoms with Crippen LogP contribution in [0.4, 0.5) is 10.6 Å². The fraction of sp³-hybridized carbons (Fsp3) is 0.643. The van der Waals surface area contributed by atoms with Crippen LogP contribution in [0.3, 0.4) is 0 Å². The molecule has 1 aromatic heterocycles. The highest BCUT2D eigenvalue weighted by atomic mass is 16.6. The molecule has 0 spiro atoms. The average Bonchev–Trinajstić information content (AvgIpc) is 2.34. The van der Waals surface area contributed by atoms with Gasteiger partial charge in [0.15, 0.2) is 0 Å². The fourth-order valence-electron chi connectivity index (χ4n) is 1.69. The number of hydrogen-bond acceptors (Lipinski definition) is 6. The van der Waals surface area contributed by atoms with Gasteiger partial charge in [-0.3, -0.25) is 5.32 Å². The van der Waals surface area contributed by atoms with E-state index in [0.29, 0.717) is 17.3 Å². The van der Waals surface area contributed by atoms with Crippen molar-refractivity contribution in [2.24, 2.45) is 0 Å². The lowest BCUT2D eigenvalue weighted by Crippen LogP contribution is -2.28. The number of carbonyl (C=O) groups excluding carboxylic acids is 1. The molecule has 0 atom stereocenters. The summed E-state index contributed by atoms with van der Waals surface area (Å²) in [6, 6.07) is 0.113. The molecule has 1 rings (SSSR count). The van der Waals surface area contributed by atoms with Crippen LogP contribution in [0, 0.1) is 0 Å². The number of aromatic nitrogens is 2. The number of anilines is 1. The molecule has 1 heterocycles. The molecule has 0 fully saturated rings. The minimum Gasteiger partial charge on any atom is -0.481 e. The Labute approximate surface area is 125 Å². The van der Waals surface area contributed by atoms with Crippen molar-refractivity contribution in [2.75, 3.05) is 19.5 Å². The Kier molecular flexibility index (Phi) is 5.34. The van der Waals surface area contributed by atoms with Gasteiger partial charge in [0.05, 0.1) is 19.8 Å². The molecule has 7 nitrogen and oxygen atoms in total. The van der Waals surface area contributed by atoms with E-state index in [0.717, 1.165) is 0 Å². The van der Waals surface area contributed by atoms with Crippen LogP contribution < -0.4 is 14.8 Å². The summed E-state index contributed by atoms with van der Waals surface area (Å²) in [5.41, 5.74) is 0.0904. The highest BCUT2D eigenvalue weighted by Gasteiger charge is 2.23. The predicted molar refractivity (Wildman–Crippen MR) is 79.1 cm³/mol. The second kappa shape index (κ2) is 6.60. The van der Waals surface area contributed by atoms with Gasteiger partial charge in [0.25, 0.3) is 0 Å². The molecule has 0 aliphatic rings. The van der Waals surface area contributed by atoms with Crippen LogP contribution in [0.2, 0.25) is 0 Å². The number of ether oxygens (including phenoxy) is 3. The third-order valence-electron chi connectivity index (χ3n) is 2.46. The lowest BCUT2D eigenvalue weighted by Gasteiger charge is -2.21. The van der Waals surface area contributed by atoms with Gasteiger partial charge in [-0.25, -0.2) is 4.79 Å². The van der Waals surface area contributed by atoms with Gasteiger partial charge in [-0.2, -0.15) is 9.97 Å². The van der Waals surface area contributed by atoms with Crippen molar-refractivity contribution >= 4 is 11.9 Å². The van der Waals surface area contributed by atoms with Gasteiger partial charge in [0.1, 0.15) is 11.4 Å². The van der Waals surface area contributed by atoms with Crippen molar-refractivity contribution in [3.8, 4) is 11.9 Å². The van der Waals surface area contributed by atoms with Crippen molar-refractivity contribution in [1.82, 2.24) is 9.97 Å². The van der Waals surface area contributed by atoms with Crippen LogP contribution in [0.5, 0.6) is 11.9 Å². The summed E-state index contributed by atoms with van der Waals surface area (Å²) in [5.74, 6) is 0.738. The smallest absolute Gasteiger partial charge is 0.413 e. The minimum absolute atomic E-state index is 0.0517. The maximum Gasteiger partial charge on any atom is 0.413 e. The maximum absolute atomic E-state index is 11.9. The third-order valence-corrected chi connectivity index (χ3v) is 2.46. The van der Waals surface area contributed by atoms with E-state index >= 15 is 0 Å². The van der Waals surface area contributed by atoms with Crippen LogP contribution >= 0.6 is 0 Å². The molecule has 0 aliphatic heterocycles. The second-order valence-electron chi connectivity index (χ2n) is 5.76. The Morgan fingerprint density at radius 1 is 1.14 bits per heavy atom. The molecule has 0 aliphatic carbocycles. The molecule has 1 amide bonds. The zero-order chi connectivity index (χ0) is 16.2. The van der Waals surface area contributed by atoms with E-state index in [2.05, 4.69) is 15.3 Å². The van der Waals surface area contributed by atoms with Crippen molar-refractivity contribution in [3.05, 3.63) is 5.56 Å². The lowest BCUT2D eigenvalue weighted by atomic mass is 10.1. The molecule has 118 valence electrons. The molecule has 0 saturated carbocycles. The molecular formula is C14H23N3O4. The van der Waals surface area contributed by atoms with E-state index in [9.17, 15) is 4.79 Å². The molecule has 0 unspecified atom stereocenters. The van der Waals surface area contributed by atoms with E-state index in [1.807, 2.05) is 13.8 Å². The number of hydrogen-bond donors (Lipinski definition) is 1. The molecule has 0 radical (unpaired) electrons. The number of carbonyl (C=O) groups is 1. The molecular weight excluding hydrogens is 274 g/mol. The van der Waals surface area contributed by atoms with Gasteiger partial charge in [-0.05, 0) is 26.7 Å². The zero-order valence-corrected chi connectivity index (χ0v) is 13.6. The fourth-order valence-corrected chi connectivity index (χ4v) is 1.69. The molecule has 7 heteroatoms. The summed E-state index contributed by atoms with van der Waals surface area (Å²) >= 11 is 0. The summed E-state index contributed by atoms with van der Waals surface area (Å²) in [4.78, 5) is 20.2. The first-order chi connectivity index (χ1) is 9.67. The minimum atomic E-state index is -0.594. The van der Waals surface area contributed by atoms with Crippen molar-refractivity contribution in [1.29, 1.82) is 0 Å². The molecule has 1 aromatic rings. The first-order valence-electron chi connectivity index (χ1n) is 6.67. The predicted octanol–water partition coefficient (Wildman–Crippen LogP) is 2.96. The zero-order valence-electron chi connectivity index (χ0n) is 13.6. The maximum atomic E-state index is 11.9. The first kappa shape index (κ1) is 17.0. The summed E-state index contributed by atoms with van der Waals surface area (Å²) in [6.45, 7) is 9.27. The van der Waals surface area contributed by atoms with Gasteiger partial charge in [0, 0.05) is 0 Å². The molecule has 0 saturated heterocycles. The average molecular weight is 297 g/mol. The molecule has 0 aromatic carbocycles. The Balaban J connectivity index is 3.17. The number of rotatable bonds is 4. The number of methoxy groups -OCH3 is 2. The summed E-state index contributed by atoms with van der Waals surface area (Å²) in [7, 11) is 2.95. The highest BCUT2D eigenvalue weighted by molar-refractivity contribution is 5.85. The van der Waals surface area contributed by atoms with Gasteiger partial charge in [-0.1, -0.05) is 13.8 Å². The van der Waals surface area contributed by atoms with Crippen molar-refractivity contribution in [2.45, 2.75) is 46.1 Å². The Bertz CT molecular complexity index is 510. The highest BCUT2D eigenvalue weighted by Crippen LogP contribution is 2.32. The molecule has 1 N–H and O–H groups in total. The second-order valence-corrected chi connectivity index (χ2v) is 5.76. The van der Waals surface area contributed by atoms with Crippen molar-refractivity contribution in [3.63, 3.8) is 0 Å². The van der Waals surface area contributed by atoms with Crippen LogP contribution in [-0.2, 0) is 4.74 Å².